The van der Waals surface area contributed by atoms with Crippen molar-refractivity contribution in [2.75, 3.05) is 13.1 Å². The average Bonchev–Trinajstić information content (AvgIpc) is 2.29. The second-order valence-corrected chi connectivity index (χ2v) is 6.47. The van der Waals surface area contributed by atoms with Crippen LogP contribution in [0.25, 0.3) is 0 Å². The molecule has 0 amide bonds. The number of sulfonamides is 1. The van der Waals surface area contributed by atoms with E-state index in [4.69, 9.17) is 11.6 Å². The maximum absolute atomic E-state index is 13.0. The van der Waals surface area contributed by atoms with Gasteiger partial charge in [-0.25, -0.2) is 12.8 Å². The van der Waals surface area contributed by atoms with Gasteiger partial charge in [0.15, 0.2) is 0 Å². The highest BCUT2D eigenvalue weighted by Gasteiger charge is 2.29. The van der Waals surface area contributed by atoms with Gasteiger partial charge < -0.3 is 0 Å². The van der Waals surface area contributed by atoms with Gasteiger partial charge in [-0.3, -0.25) is 4.98 Å². The molecule has 0 radical (unpaired) electrons. The van der Waals surface area contributed by atoms with Crippen LogP contribution in [0.2, 0.25) is 0 Å². The first-order valence-corrected chi connectivity index (χ1v) is 7.12. The van der Waals surface area contributed by atoms with Crippen LogP contribution in [-0.4, -0.2) is 36.2 Å². The number of hydrogen-bond acceptors (Lipinski definition) is 3. The van der Waals surface area contributed by atoms with Crippen molar-refractivity contribution in [1.29, 1.82) is 0 Å². The molecule has 2 rings (SSSR count). The molecule has 0 spiro atoms. The fourth-order valence-corrected chi connectivity index (χ4v) is 3.39. The van der Waals surface area contributed by atoms with E-state index in [9.17, 15) is 12.8 Å². The molecule has 0 N–H and O–H groups in total. The summed E-state index contributed by atoms with van der Waals surface area (Å²) in [5, 5.41) is 0.0204. The van der Waals surface area contributed by atoms with Gasteiger partial charge in [0.2, 0.25) is 10.0 Å². The Morgan fingerprint density at radius 2 is 2.00 bits per heavy atom. The molecule has 0 atom stereocenters. The van der Waals surface area contributed by atoms with Crippen LogP contribution < -0.4 is 0 Å². The zero-order valence-corrected chi connectivity index (χ0v) is 10.6. The highest BCUT2D eigenvalue weighted by molar-refractivity contribution is 7.89. The molecular formula is C10H12ClFN2O2S. The Kier molecular flexibility index (Phi) is 3.65. The van der Waals surface area contributed by atoms with E-state index < -0.39 is 15.8 Å². The molecule has 0 bridgehead atoms. The number of nitrogens with zero attached hydrogens (tertiary/aromatic N) is 2. The Bertz CT molecular complexity index is 501. The van der Waals surface area contributed by atoms with Gasteiger partial charge in [0, 0.05) is 24.7 Å². The zero-order valence-electron chi connectivity index (χ0n) is 9.01. The van der Waals surface area contributed by atoms with Crippen LogP contribution in [0.5, 0.6) is 0 Å². The number of halogens is 2. The van der Waals surface area contributed by atoms with Crippen LogP contribution >= 0.6 is 11.6 Å². The van der Waals surface area contributed by atoms with Gasteiger partial charge >= 0.3 is 0 Å². The number of alkyl halides is 1. The lowest BCUT2D eigenvalue weighted by molar-refractivity contribution is 0.350. The first kappa shape index (κ1) is 12.7. The topological polar surface area (TPSA) is 50.3 Å². The maximum Gasteiger partial charge on any atom is 0.244 e. The largest absolute Gasteiger partial charge is 0.260 e. The molecular weight excluding hydrogens is 267 g/mol. The fraction of sp³-hybridized carbons (Fsp3) is 0.500. The summed E-state index contributed by atoms with van der Waals surface area (Å²) in [6.45, 7) is 0.736. The van der Waals surface area contributed by atoms with Gasteiger partial charge in [-0.15, -0.1) is 11.6 Å². The minimum atomic E-state index is -3.64. The standard InChI is InChI=1S/C10H12ClFN2O2S/c11-8-1-3-14(4-2-8)17(15,16)10-5-9(12)6-13-7-10/h5-8H,1-4H2. The van der Waals surface area contributed by atoms with Gasteiger partial charge in [-0.2, -0.15) is 4.31 Å². The van der Waals surface area contributed by atoms with Crippen LogP contribution in [0, 0.1) is 5.82 Å². The van der Waals surface area contributed by atoms with E-state index in [1.807, 2.05) is 0 Å². The van der Waals surface area contributed by atoms with Crippen molar-refractivity contribution < 1.29 is 12.8 Å². The van der Waals surface area contributed by atoms with Crippen molar-refractivity contribution >= 4 is 21.6 Å². The summed E-state index contributed by atoms with van der Waals surface area (Å²) in [4.78, 5) is 3.45. The minimum Gasteiger partial charge on any atom is -0.260 e. The summed E-state index contributed by atoms with van der Waals surface area (Å²) in [6.07, 6.45) is 3.36. The monoisotopic (exact) mass is 278 g/mol. The normalized spacial score (nSPS) is 19.4. The lowest BCUT2D eigenvalue weighted by Crippen LogP contribution is -2.38. The van der Waals surface area contributed by atoms with Crippen molar-refractivity contribution in [3.63, 3.8) is 0 Å². The molecule has 1 fully saturated rings. The molecule has 1 aliphatic rings. The summed E-state index contributed by atoms with van der Waals surface area (Å²) in [6, 6.07) is 0.981. The van der Waals surface area contributed by atoms with Crippen LogP contribution in [0.3, 0.4) is 0 Å². The van der Waals surface area contributed by atoms with E-state index >= 15 is 0 Å². The lowest BCUT2D eigenvalue weighted by Gasteiger charge is -2.28. The summed E-state index contributed by atoms with van der Waals surface area (Å²) >= 11 is 5.91. The quantitative estimate of drug-likeness (QED) is 0.773. The van der Waals surface area contributed by atoms with E-state index in [-0.39, 0.29) is 10.3 Å². The van der Waals surface area contributed by atoms with Gasteiger partial charge in [-0.1, -0.05) is 0 Å². The zero-order chi connectivity index (χ0) is 12.5. The smallest absolute Gasteiger partial charge is 0.244 e. The number of rotatable bonds is 2. The maximum atomic E-state index is 13.0. The number of piperidine rings is 1. The van der Waals surface area contributed by atoms with Crippen molar-refractivity contribution in [3.8, 4) is 0 Å². The predicted octanol–water partition coefficient (Wildman–Crippen LogP) is 1.61. The third-order valence-corrected chi connectivity index (χ3v) is 5.00. The van der Waals surface area contributed by atoms with Crippen LogP contribution in [-0.2, 0) is 10.0 Å². The van der Waals surface area contributed by atoms with Crippen LogP contribution in [0.4, 0.5) is 4.39 Å². The Morgan fingerprint density at radius 1 is 1.35 bits per heavy atom. The van der Waals surface area contributed by atoms with Gasteiger partial charge in [0.1, 0.15) is 10.7 Å². The molecule has 0 saturated carbocycles. The van der Waals surface area contributed by atoms with E-state index in [2.05, 4.69) is 4.98 Å². The molecule has 2 heterocycles. The van der Waals surface area contributed by atoms with Gasteiger partial charge in [-0.05, 0) is 18.9 Å². The number of pyridine rings is 1. The number of hydrogen-bond donors (Lipinski definition) is 0. The van der Waals surface area contributed by atoms with Crippen molar-refractivity contribution in [2.24, 2.45) is 0 Å². The lowest BCUT2D eigenvalue weighted by atomic mass is 10.2. The molecule has 1 saturated heterocycles. The summed E-state index contributed by atoms with van der Waals surface area (Å²) in [7, 11) is -3.64. The average molecular weight is 279 g/mol. The predicted molar refractivity (Wildman–Crippen MR) is 61.8 cm³/mol. The molecule has 4 nitrogen and oxygen atoms in total. The highest BCUT2D eigenvalue weighted by Crippen LogP contribution is 2.22. The third-order valence-electron chi connectivity index (χ3n) is 2.70. The molecule has 0 unspecified atom stereocenters. The van der Waals surface area contributed by atoms with Crippen molar-refractivity contribution in [3.05, 3.63) is 24.3 Å². The SMILES string of the molecule is O=S(=O)(c1cncc(F)c1)N1CCC(Cl)CC1. The molecule has 1 aromatic rings. The van der Waals surface area contributed by atoms with Crippen LogP contribution in [0.1, 0.15) is 12.8 Å². The molecule has 94 valence electrons. The highest BCUT2D eigenvalue weighted by atomic mass is 35.5. The Labute approximate surface area is 104 Å². The second kappa shape index (κ2) is 4.88. The molecule has 17 heavy (non-hydrogen) atoms. The van der Waals surface area contributed by atoms with E-state index in [0.717, 1.165) is 18.5 Å². The molecule has 1 aromatic heterocycles. The molecule has 7 heteroatoms. The van der Waals surface area contributed by atoms with Crippen LogP contribution in [0.15, 0.2) is 23.4 Å². The summed E-state index contributed by atoms with van der Waals surface area (Å²) in [5.74, 6) is -0.654. The fourth-order valence-electron chi connectivity index (χ4n) is 1.75. The third kappa shape index (κ3) is 2.75. The Hall–Kier alpha value is -0.720. The van der Waals surface area contributed by atoms with Crippen molar-refractivity contribution in [1.82, 2.24) is 9.29 Å². The Balaban J connectivity index is 2.25. The second-order valence-electron chi connectivity index (χ2n) is 3.92. The number of aromatic nitrogens is 1. The first-order chi connectivity index (χ1) is 8.00. The van der Waals surface area contributed by atoms with E-state index in [1.165, 1.54) is 4.31 Å². The van der Waals surface area contributed by atoms with E-state index in [1.54, 1.807) is 0 Å². The molecule has 1 aliphatic heterocycles. The summed E-state index contributed by atoms with van der Waals surface area (Å²) < 4.78 is 38.5. The van der Waals surface area contributed by atoms with Crippen molar-refractivity contribution in [2.45, 2.75) is 23.1 Å². The first-order valence-electron chi connectivity index (χ1n) is 5.25. The van der Waals surface area contributed by atoms with E-state index in [0.29, 0.717) is 25.9 Å². The summed E-state index contributed by atoms with van der Waals surface area (Å²) in [5.41, 5.74) is 0. The molecule has 0 aliphatic carbocycles. The van der Waals surface area contributed by atoms with Gasteiger partial charge in [0.05, 0.1) is 6.20 Å². The molecule has 0 aromatic carbocycles. The minimum absolute atomic E-state index is 0.0204. The van der Waals surface area contributed by atoms with Gasteiger partial charge in [0.25, 0.3) is 0 Å². The Morgan fingerprint density at radius 3 is 2.59 bits per heavy atom.